The molecule has 0 radical (unpaired) electrons. The van der Waals surface area contributed by atoms with Crippen molar-refractivity contribution in [3.8, 4) is 0 Å². The average molecular weight is 388 g/mol. The molecule has 1 aromatic heterocycles. The summed E-state index contributed by atoms with van der Waals surface area (Å²) >= 11 is 0. The quantitative estimate of drug-likeness (QED) is 0.484. The summed E-state index contributed by atoms with van der Waals surface area (Å²) in [5.74, 6) is 6.65. The normalized spacial score (nSPS) is 55.8. The molecule has 8 bridgehead atoms. The van der Waals surface area contributed by atoms with Crippen molar-refractivity contribution < 1.29 is 0 Å². The van der Waals surface area contributed by atoms with E-state index in [0.29, 0.717) is 10.8 Å². The lowest BCUT2D eigenvalue weighted by Crippen LogP contribution is -2.48. The van der Waals surface area contributed by atoms with Crippen molar-refractivity contribution in [1.29, 1.82) is 0 Å². The monoisotopic (exact) mass is 388 g/mol. The lowest BCUT2D eigenvalue weighted by molar-refractivity contribution is -0.00287. The van der Waals surface area contributed by atoms with Crippen molar-refractivity contribution in [2.24, 2.45) is 35.5 Å². The second-order valence-corrected chi connectivity index (χ2v) is 15.4. The molecular weight excluding hydrogens is 358 g/mol. The summed E-state index contributed by atoms with van der Waals surface area (Å²) in [4.78, 5) is 0. The van der Waals surface area contributed by atoms with Gasteiger partial charge in [0, 0.05) is 20.5 Å². The highest BCUT2D eigenvalue weighted by molar-refractivity contribution is 7.87. The Kier molecular flexibility index (Phi) is 3.18. The zero-order chi connectivity index (χ0) is 16.2. The summed E-state index contributed by atoms with van der Waals surface area (Å²) in [6, 6.07) is 0. The fourth-order valence-electron chi connectivity index (χ4n) is 9.41. The van der Waals surface area contributed by atoms with Gasteiger partial charge in [-0.1, -0.05) is 8.19 Å². The maximum Gasteiger partial charge on any atom is 0.0432 e. The van der Waals surface area contributed by atoms with Crippen LogP contribution < -0.4 is 0 Å². The molecule has 8 saturated carbocycles. The van der Waals surface area contributed by atoms with Gasteiger partial charge in [-0.2, -0.15) is 0 Å². The van der Waals surface area contributed by atoms with Gasteiger partial charge in [0.2, 0.25) is 0 Å². The second-order valence-electron chi connectivity index (χ2n) is 11.3. The van der Waals surface area contributed by atoms with E-state index in [1.54, 1.807) is 92.6 Å². The number of hydrogen-bond acceptors (Lipinski definition) is 1. The summed E-state index contributed by atoms with van der Waals surface area (Å²) in [5, 5.41) is 2.00. The Morgan fingerprint density at radius 3 is 1.44 bits per heavy atom. The highest BCUT2D eigenvalue weighted by Gasteiger charge is 2.55. The molecule has 0 nitrogen and oxygen atoms in total. The second kappa shape index (κ2) is 5.13. The summed E-state index contributed by atoms with van der Waals surface area (Å²) in [5.41, 5.74) is 1.40. The van der Waals surface area contributed by atoms with E-state index < -0.39 is 0 Å². The zero-order valence-corrected chi connectivity index (χ0v) is 17.9. The third kappa shape index (κ3) is 2.19. The molecule has 0 aromatic carbocycles. The van der Waals surface area contributed by atoms with Crippen molar-refractivity contribution in [2.75, 3.05) is 0 Å². The van der Waals surface area contributed by atoms with Crippen LogP contribution in [0, 0.1) is 35.5 Å². The Morgan fingerprint density at radius 1 is 0.600 bits per heavy atom. The van der Waals surface area contributed by atoms with E-state index in [2.05, 4.69) is 10.9 Å². The number of hydrogen-bond donors (Lipinski definition) is 0. The summed E-state index contributed by atoms with van der Waals surface area (Å²) in [7, 11) is 5.80. The van der Waals surface area contributed by atoms with Gasteiger partial charge in [0.15, 0.2) is 0 Å². The molecule has 25 heavy (non-hydrogen) atoms. The maximum absolute atomic E-state index is 2.33. The van der Waals surface area contributed by atoms with Gasteiger partial charge in [-0.05, 0) is 120 Å². The molecule has 0 aliphatic heterocycles. The average Bonchev–Trinajstić information content (AvgIpc) is 3.04. The molecular formula is C22H30P2S. The van der Waals surface area contributed by atoms with E-state index in [1.165, 1.54) is 0 Å². The first-order chi connectivity index (χ1) is 12.2. The van der Waals surface area contributed by atoms with E-state index in [0.717, 1.165) is 35.5 Å². The molecule has 0 amide bonds. The van der Waals surface area contributed by atoms with Crippen LogP contribution >= 0.6 is 26.5 Å². The Balaban J connectivity index is 1.25. The third-order valence-electron chi connectivity index (χ3n) is 9.43. The van der Waals surface area contributed by atoms with Crippen molar-refractivity contribution in [3.63, 3.8) is 0 Å². The molecule has 1 aromatic rings. The van der Waals surface area contributed by atoms with Gasteiger partial charge in [-0.15, -0.1) is 10.9 Å². The smallest absolute Gasteiger partial charge is 0.0432 e. The highest BCUT2D eigenvalue weighted by Crippen LogP contribution is 2.68. The van der Waals surface area contributed by atoms with E-state index in [-0.39, 0.29) is 0 Å². The minimum Gasteiger partial charge on any atom is -0.111 e. The molecule has 134 valence electrons. The summed E-state index contributed by atoms with van der Waals surface area (Å²) < 4.78 is 1.97. The zero-order valence-electron chi connectivity index (χ0n) is 15.3. The first kappa shape index (κ1) is 15.5. The molecule has 9 rings (SSSR count). The van der Waals surface area contributed by atoms with Crippen molar-refractivity contribution in [3.05, 3.63) is 9.64 Å². The Bertz CT molecular complexity index is 590. The lowest BCUT2D eigenvalue weighted by Gasteiger charge is -2.57. The molecule has 0 spiro atoms. The van der Waals surface area contributed by atoms with Crippen LogP contribution in [0.2, 0.25) is 0 Å². The van der Waals surface area contributed by atoms with Crippen LogP contribution in [0.5, 0.6) is 0 Å². The van der Waals surface area contributed by atoms with Crippen LogP contribution in [0.4, 0.5) is 0 Å². The van der Waals surface area contributed by atoms with Crippen LogP contribution in [0.1, 0.15) is 86.7 Å². The van der Waals surface area contributed by atoms with Crippen LogP contribution in [-0.2, 0) is 10.8 Å². The van der Waals surface area contributed by atoms with E-state index >= 15 is 0 Å². The van der Waals surface area contributed by atoms with Gasteiger partial charge in [0.1, 0.15) is 0 Å². The third-order valence-corrected chi connectivity index (χ3v) is 15.5. The van der Waals surface area contributed by atoms with Gasteiger partial charge < -0.3 is 0 Å². The fraction of sp³-hybridized carbons (Fsp3) is 0.909. The Hall–Kier alpha value is 0.560. The van der Waals surface area contributed by atoms with E-state index in [4.69, 9.17) is 0 Å². The van der Waals surface area contributed by atoms with Crippen LogP contribution in [0.15, 0.2) is 0 Å². The lowest BCUT2D eigenvalue weighted by atomic mass is 9.50. The predicted molar refractivity (Wildman–Crippen MR) is 109 cm³/mol. The van der Waals surface area contributed by atoms with Crippen molar-refractivity contribution in [2.45, 2.75) is 87.9 Å². The molecule has 8 aliphatic rings. The molecule has 8 fully saturated rings. The van der Waals surface area contributed by atoms with Crippen LogP contribution in [0.3, 0.4) is 0 Å². The molecule has 8 aliphatic carbocycles. The van der Waals surface area contributed by atoms with Gasteiger partial charge in [-0.3, -0.25) is 0 Å². The topological polar surface area (TPSA) is 0 Å². The predicted octanol–water partition coefficient (Wildman–Crippen LogP) is 7.84. The largest absolute Gasteiger partial charge is 0.111 e. The Labute approximate surface area is 159 Å². The summed E-state index contributed by atoms with van der Waals surface area (Å²) in [6.07, 6.45) is 19.1. The molecule has 1 heterocycles. The van der Waals surface area contributed by atoms with E-state index in [1.807, 2.05) is 9.64 Å². The van der Waals surface area contributed by atoms with Gasteiger partial charge >= 0.3 is 0 Å². The fourth-order valence-corrected chi connectivity index (χ4v) is 16.0. The van der Waals surface area contributed by atoms with Gasteiger partial charge in [0.05, 0.1) is 0 Å². The van der Waals surface area contributed by atoms with Crippen molar-refractivity contribution in [1.82, 2.24) is 0 Å². The molecule has 0 saturated heterocycles. The van der Waals surface area contributed by atoms with Gasteiger partial charge in [-0.25, -0.2) is 0 Å². The SMILES string of the molecule is C1C2CC3CC1CC(c1psc(C45CC6CC(CC(C6)C4)C5)p1)(C2)C3. The minimum atomic E-state index is 0.692. The van der Waals surface area contributed by atoms with Crippen LogP contribution in [0.25, 0.3) is 0 Å². The molecule has 0 N–H and O–H groups in total. The minimum absolute atomic E-state index is 0.692. The Morgan fingerprint density at radius 2 is 1.00 bits per heavy atom. The first-order valence-corrected chi connectivity index (χ1v) is 14.2. The summed E-state index contributed by atoms with van der Waals surface area (Å²) in [6.45, 7) is 0. The molecule has 3 heteroatoms. The first-order valence-electron chi connectivity index (χ1n) is 11.0. The van der Waals surface area contributed by atoms with Crippen molar-refractivity contribution >= 4 is 26.5 Å². The number of rotatable bonds is 2. The molecule has 0 atom stereocenters. The van der Waals surface area contributed by atoms with Crippen LogP contribution in [-0.4, -0.2) is 0 Å². The highest BCUT2D eigenvalue weighted by atomic mass is 32.5. The molecule has 0 unspecified atom stereocenters. The maximum atomic E-state index is 2.33. The van der Waals surface area contributed by atoms with Gasteiger partial charge in [0.25, 0.3) is 0 Å². The van der Waals surface area contributed by atoms with E-state index in [9.17, 15) is 0 Å². The standard InChI is InChI=1S/C22H30P2S/c1-13-2-15-3-14(1)8-21(7-13,9-15)19-23-20(25-24-19)22-10-16-4-17(11-22)6-18(5-16)12-22/h13-18H,1-12H2.